The van der Waals surface area contributed by atoms with Crippen LogP contribution in [0.5, 0.6) is 0 Å². The first kappa shape index (κ1) is 11.1. The van der Waals surface area contributed by atoms with E-state index >= 15 is 0 Å². The molecule has 21 heavy (non-hydrogen) atoms. The summed E-state index contributed by atoms with van der Waals surface area (Å²) in [6.45, 7) is 2.12. The highest BCUT2D eigenvalue weighted by Crippen LogP contribution is 2.33. The first-order valence-corrected chi connectivity index (χ1v) is 7.02. The maximum absolute atomic E-state index is 7.71. The minimum atomic E-state index is 0.508. The van der Waals surface area contributed by atoms with Crippen molar-refractivity contribution in [3.05, 3.63) is 66.3 Å². The van der Waals surface area contributed by atoms with Gasteiger partial charge in [0.1, 0.15) is 18.2 Å². The van der Waals surface area contributed by atoms with Gasteiger partial charge in [0.15, 0.2) is 6.20 Å². The molecule has 0 amide bonds. The molecule has 0 aliphatic rings. The molecule has 0 radical (unpaired) electrons. The normalized spacial score (nSPS) is 12.0. The van der Waals surface area contributed by atoms with Gasteiger partial charge in [0, 0.05) is 22.9 Å². The second-order valence-corrected chi connectivity index (χ2v) is 5.39. The molecule has 0 atom stereocenters. The fraction of sp³-hybridized carbons (Fsp3) is 0.105. The molecular formula is C19H16NO+. The Bertz CT molecular complexity index is 1020. The number of aryl methyl sites for hydroxylation is 2. The Morgan fingerprint density at radius 3 is 2.71 bits per heavy atom. The summed E-state index contributed by atoms with van der Waals surface area (Å²) in [5.41, 5.74) is 5.23. The van der Waals surface area contributed by atoms with Crippen molar-refractivity contribution in [1.29, 1.82) is 0 Å². The number of nitrogens with zero attached hydrogens (tertiary/aromatic N) is 1. The third-order valence-electron chi connectivity index (χ3n) is 3.99. The van der Waals surface area contributed by atoms with E-state index in [2.05, 4.69) is 25.1 Å². The molecule has 2 aromatic carbocycles. The Morgan fingerprint density at radius 1 is 1.00 bits per heavy atom. The number of furan rings is 1. The van der Waals surface area contributed by atoms with E-state index in [1.807, 2.05) is 48.1 Å². The highest BCUT2D eigenvalue weighted by Gasteiger charge is 2.15. The van der Waals surface area contributed by atoms with Crippen LogP contribution in [-0.4, -0.2) is 0 Å². The number of hydrogen-bond donors (Lipinski definition) is 0. The number of hydrogen-bond acceptors (Lipinski definition) is 1. The lowest BCUT2D eigenvalue weighted by molar-refractivity contribution is -0.660. The number of para-hydroxylation sites is 1. The number of fused-ring (bicyclic) bond motifs is 3. The molecule has 4 aromatic rings. The Labute approximate surface area is 124 Å². The fourth-order valence-corrected chi connectivity index (χ4v) is 2.90. The number of benzene rings is 2. The molecule has 0 N–H and O–H groups in total. The van der Waals surface area contributed by atoms with Crippen molar-refractivity contribution in [3.8, 4) is 11.3 Å². The summed E-state index contributed by atoms with van der Waals surface area (Å²) in [4.78, 5) is 0. The van der Waals surface area contributed by atoms with Gasteiger partial charge in [0.25, 0.3) is 0 Å². The predicted octanol–water partition coefficient (Wildman–Crippen LogP) is 4.39. The lowest BCUT2D eigenvalue weighted by Gasteiger charge is -2.04. The summed E-state index contributed by atoms with van der Waals surface area (Å²) >= 11 is 0. The van der Waals surface area contributed by atoms with Gasteiger partial charge < -0.3 is 4.42 Å². The minimum Gasteiger partial charge on any atom is -0.456 e. The average molecular weight is 275 g/mol. The van der Waals surface area contributed by atoms with Crippen molar-refractivity contribution >= 4 is 21.9 Å². The first-order valence-electron chi connectivity index (χ1n) is 7.52. The third kappa shape index (κ3) is 1.83. The minimum absolute atomic E-state index is 0.508. The molecule has 0 spiro atoms. The largest absolute Gasteiger partial charge is 0.456 e. The van der Waals surface area contributed by atoms with Gasteiger partial charge in [-0.25, -0.2) is 4.57 Å². The van der Waals surface area contributed by atoms with Gasteiger partial charge in [0.2, 0.25) is 5.69 Å². The Kier molecular flexibility index (Phi) is 2.35. The zero-order valence-corrected chi connectivity index (χ0v) is 12.1. The monoisotopic (exact) mass is 275 g/mol. The van der Waals surface area contributed by atoms with E-state index in [1.165, 1.54) is 5.56 Å². The molecule has 2 nitrogen and oxygen atoms in total. The molecule has 102 valence electrons. The van der Waals surface area contributed by atoms with Gasteiger partial charge in [-0.15, -0.1) is 0 Å². The summed E-state index contributed by atoms with van der Waals surface area (Å²) in [6.07, 6.45) is 1.82. The van der Waals surface area contributed by atoms with Crippen molar-refractivity contribution in [2.24, 2.45) is 7.05 Å². The molecule has 0 aliphatic heterocycles. The van der Waals surface area contributed by atoms with Crippen LogP contribution in [0.1, 0.15) is 6.93 Å². The van der Waals surface area contributed by atoms with Crippen LogP contribution in [0.25, 0.3) is 33.2 Å². The molecule has 0 fully saturated rings. The summed E-state index contributed by atoms with van der Waals surface area (Å²) in [5, 5.41) is 2.30. The van der Waals surface area contributed by atoms with Crippen LogP contribution in [0.4, 0.5) is 0 Å². The predicted molar refractivity (Wildman–Crippen MR) is 85.1 cm³/mol. The first-order chi connectivity index (χ1) is 10.6. The van der Waals surface area contributed by atoms with Gasteiger partial charge in [-0.1, -0.05) is 18.2 Å². The quantitative estimate of drug-likeness (QED) is 0.471. The molecule has 2 aromatic heterocycles. The molecule has 0 unspecified atom stereocenters. The van der Waals surface area contributed by atoms with E-state index in [1.54, 1.807) is 0 Å². The van der Waals surface area contributed by atoms with Crippen LogP contribution in [0.15, 0.2) is 65.2 Å². The van der Waals surface area contributed by atoms with E-state index in [0.29, 0.717) is 6.04 Å². The number of rotatable bonds is 1. The van der Waals surface area contributed by atoms with Crippen molar-refractivity contribution < 1.29 is 10.4 Å². The second-order valence-electron chi connectivity index (χ2n) is 5.39. The third-order valence-corrected chi connectivity index (χ3v) is 3.99. The van der Waals surface area contributed by atoms with Gasteiger partial charge >= 0.3 is 0 Å². The average Bonchev–Trinajstić information content (AvgIpc) is 2.85. The Hall–Kier alpha value is -2.61. The van der Waals surface area contributed by atoms with Crippen molar-refractivity contribution in [2.75, 3.05) is 0 Å². The van der Waals surface area contributed by atoms with Gasteiger partial charge in [0.05, 0.1) is 6.93 Å². The van der Waals surface area contributed by atoms with Crippen LogP contribution in [-0.2, 0) is 7.05 Å². The standard InChI is InChI=1S/C19H16NO/c1-13-11-16-14-7-3-4-9-18(14)21-19(16)12-15(13)17-8-5-6-10-20(17)2/h3-12H,1-2H3/q+1/i6D. The topological polar surface area (TPSA) is 17.0 Å². The fourth-order valence-electron chi connectivity index (χ4n) is 2.90. The van der Waals surface area contributed by atoms with Crippen LogP contribution < -0.4 is 4.57 Å². The lowest BCUT2D eigenvalue weighted by atomic mass is 10.0. The molecule has 2 heteroatoms. The Morgan fingerprint density at radius 2 is 1.86 bits per heavy atom. The SMILES string of the molecule is [2H]c1ccc(-c2cc3oc4ccccc4c3cc2C)[n+](C)c1. The van der Waals surface area contributed by atoms with Gasteiger partial charge in [-0.2, -0.15) is 0 Å². The summed E-state index contributed by atoms with van der Waals surface area (Å²) in [6, 6.07) is 16.7. The van der Waals surface area contributed by atoms with Crippen molar-refractivity contribution in [2.45, 2.75) is 6.92 Å². The van der Waals surface area contributed by atoms with Gasteiger partial charge in [-0.3, -0.25) is 0 Å². The van der Waals surface area contributed by atoms with E-state index in [4.69, 9.17) is 5.79 Å². The zero-order chi connectivity index (χ0) is 15.3. The molecule has 4 rings (SSSR count). The van der Waals surface area contributed by atoms with Crippen molar-refractivity contribution in [1.82, 2.24) is 0 Å². The highest BCUT2D eigenvalue weighted by molar-refractivity contribution is 6.06. The molecular weight excluding hydrogens is 258 g/mol. The van der Waals surface area contributed by atoms with E-state index < -0.39 is 0 Å². The highest BCUT2D eigenvalue weighted by atomic mass is 16.3. The Balaban J connectivity index is 2.02. The summed E-state index contributed by atoms with van der Waals surface area (Å²) in [7, 11) is 1.97. The molecule has 0 aliphatic carbocycles. The number of aromatic nitrogens is 1. The van der Waals surface area contributed by atoms with Crippen LogP contribution in [0.3, 0.4) is 0 Å². The van der Waals surface area contributed by atoms with E-state index in [-0.39, 0.29) is 0 Å². The molecule has 0 saturated heterocycles. The van der Waals surface area contributed by atoms with Crippen LogP contribution in [0, 0.1) is 6.92 Å². The smallest absolute Gasteiger partial charge is 0.212 e. The summed E-state index contributed by atoms with van der Waals surface area (Å²) < 4.78 is 15.7. The maximum atomic E-state index is 7.71. The maximum Gasteiger partial charge on any atom is 0.212 e. The lowest BCUT2D eigenvalue weighted by Crippen LogP contribution is -2.30. The van der Waals surface area contributed by atoms with E-state index in [0.717, 1.165) is 33.2 Å². The second kappa shape index (κ2) is 4.45. The van der Waals surface area contributed by atoms with Crippen molar-refractivity contribution in [3.63, 3.8) is 0 Å². The number of pyridine rings is 1. The van der Waals surface area contributed by atoms with Crippen LogP contribution >= 0.6 is 0 Å². The van der Waals surface area contributed by atoms with Gasteiger partial charge in [-0.05, 0) is 36.8 Å². The molecule has 0 saturated carbocycles. The zero-order valence-electron chi connectivity index (χ0n) is 13.1. The molecule has 2 heterocycles. The van der Waals surface area contributed by atoms with E-state index in [9.17, 15) is 0 Å². The summed E-state index contributed by atoms with van der Waals surface area (Å²) in [5.74, 6) is 0. The van der Waals surface area contributed by atoms with Crippen LogP contribution in [0.2, 0.25) is 0 Å². The molecule has 0 bridgehead atoms.